The molecule has 0 radical (unpaired) electrons. The average Bonchev–Trinajstić information content (AvgIpc) is 2.38. The second kappa shape index (κ2) is 5.21. The van der Waals surface area contributed by atoms with Gasteiger partial charge in [-0.3, -0.25) is 0 Å². The number of para-hydroxylation sites is 2. The monoisotopic (exact) mass is 214 g/mol. The molecular formula is C14H14O2. The fraction of sp³-hybridized carbons (Fsp3) is 0.143. The lowest BCUT2D eigenvalue weighted by Gasteiger charge is -2.09. The Morgan fingerprint density at radius 1 is 0.812 bits per heavy atom. The molecule has 0 saturated heterocycles. The van der Waals surface area contributed by atoms with Crippen LogP contribution in [-0.4, -0.2) is 7.11 Å². The van der Waals surface area contributed by atoms with Gasteiger partial charge in [-0.05, 0) is 17.7 Å². The Labute approximate surface area is 95.4 Å². The second-order valence-electron chi connectivity index (χ2n) is 3.43. The lowest BCUT2D eigenvalue weighted by Crippen LogP contribution is -1.96. The molecule has 2 rings (SSSR count). The van der Waals surface area contributed by atoms with E-state index in [0.717, 1.165) is 17.1 Å². The SMILES string of the molecule is COc1ccccc1OCc1ccccc1. The molecule has 2 aromatic rings. The van der Waals surface area contributed by atoms with Crippen LogP contribution in [0.4, 0.5) is 0 Å². The molecule has 0 atom stereocenters. The minimum Gasteiger partial charge on any atom is -0.493 e. The maximum Gasteiger partial charge on any atom is 0.161 e. The average molecular weight is 214 g/mol. The van der Waals surface area contributed by atoms with E-state index in [1.165, 1.54) is 0 Å². The van der Waals surface area contributed by atoms with Gasteiger partial charge in [0.25, 0.3) is 0 Å². The second-order valence-corrected chi connectivity index (χ2v) is 3.43. The Morgan fingerprint density at radius 3 is 2.12 bits per heavy atom. The first kappa shape index (κ1) is 10.6. The van der Waals surface area contributed by atoms with Crippen molar-refractivity contribution in [1.82, 2.24) is 0 Å². The molecule has 0 aliphatic rings. The molecule has 0 heterocycles. The molecule has 0 bridgehead atoms. The number of hydrogen-bond acceptors (Lipinski definition) is 2. The molecule has 0 spiro atoms. The van der Waals surface area contributed by atoms with Crippen molar-refractivity contribution in [3.63, 3.8) is 0 Å². The van der Waals surface area contributed by atoms with Crippen LogP contribution in [0.1, 0.15) is 5.56 Å². The normalized spacial score (nSPS) is 9.81. The summed E-state index contributed by atoms with van der Waals surface area (Å²) < 4.78 is 10.9. The summed E-state index contributed by atoms with van der Waals surface area (Å²) in [5.74, 6) is 1.53. The van der Waals surface area contributed by atoms with Gasteiger partial charge in [0.15, 0.2) is 11.5 Å². The summed E-state index contributed by atoms with van der Waals surface area (Å²) in [5, 5.41) is 0. The van der Waals surface area contributed by atoms with Gasteiger partial charge in [0, 0.05) is 0 Å². The fourth-order valence-corrected chi connectivity index (χ4v) is 1.47. The maximum absolute atomic E-state index is 5.69. The van der Waals surface area contributed by atoms with Crippen LogP contribution in [-0.2, 0) is 6.61 Å². The minimum atomic E-state index is 0.557. The number of benzene rings is 2. The molecule has 0 aliphatic carbocycles. The molecular weight excluding hydrogens is 200 g/mol. The first-order valence-corrected chi connectivity index (χ1v) is 5.20. The van der Waals surface area contributed by atoms with Crippen LogP contribution in [0.3, 0.4) is 0 Å². The van der Waals surface area contributed by atoms with Crippen molar-refractivity contribution in [2.24, 2.45) is 0 Å². The summed E-state index contributed by atoms with van der Waals surface area (Å²) in [6.45, 7) is 0.557. The predicted molar refractivity (Wildman–Crippen MR) is 63.8 cm³/mol. The summed E-state index contributed by atoms with van der Waals surface area (Å²) in [5.41, 5.74) is 1.15. The molecule has 2 heteroatoms. The Morgan fingerprint density at radius 2 is 1.44 bits per heavy atom. The lowest BCUT2D eigenvalue weighted by atomic mass is 10.2. The molecule has 2 nitrogen and oxygen atoms in total. The Hall–Kier alpha value is -1.96. The summed E-state index contributed by atoms with van der Waals surface area (Å²) in [7, 11) is 1.64. The third-order valence-electron chi connectivity index (χ3n) is 2.31. The summed E-state index contributed by atoms with van der Waals surface area (Å²) in [6, 6.07) is 17.7. The van der Waals surface area contributed by atoms with Gasteiger partial charge in [0.1, 0.15) is 6.61 Å². The highest BCUT2D eigenvalue weighted by Crippen LogP contribution is 2.26. The molecule has 16 heavy (non-hydrogen) atoms. The molecule has 0 aromatic heterocycles. The predicted octanol–water partition coefficient (Wildman–Crippen LogP) is 3.27. The molecule has 0 saturated carbocycles. The maximum atomic E-state index is 5.69. The highest BCUT2D eigenvalue weighted by atomic mass is 16.5. The molecule has 0 fully saturated rings. The zero-order valence-electron chi connectivity index (χ0n) is 9.22. The Kier molecular flexibility index (Phi) is 3.44. The van der Waals surface area contributed by atoms with Gasteiger partial charge >= 0.3 is 0 Å². The van der Waals surface area contributed by atoms with Gasteiger partial charge in [0.05, 0.1) is 7.11 Å². The highest BCUT2D eigenvalue weighted by molar-refractivity contribution is 5.39. The molecule has 0 N–H and O–H groups in total. The van der Waals surface area contributed by atoms with E-state index in [9.17, 15) is 0 Å². The van der Waals surface area contributed by atoms with E-state index in [1.54, 1.807) is 7.11 Å². The van der Waals surface area contributed by atoms with Gasteiger partial charge in [-0.25, -0.2) is 0 Å². The third-order valence-corrected chi connectivity index (χ3v) is 2.31. The Balaban J connectivity index is 2.05. The van der Waals surface area contributed by atoms with Crippen molar-refractivity contribution >= 4 is 0 Å². The van der Waals surface area contributed by atoms with Crippen LogP contribution in [0.5, 0.6) is 11.5 Å². The van der Waals surface area contributed by atoms with Crippen LogP contribution in [0, 0.1) is 0 Å². The third kappa shape index (κ3) is 2.54. The fourth-order valence-electron chi connectivity index (χ4n) is 1.47. The van der Waals surface area contributed by atoms with Crippen LogP contribution >= 0.6 is 0 Å². The smallest absolute Gasteiger partial charge is 0.161 e. The van der Waals surface area contributed by atoms with E-state index < -0.39 is 0 Å². The van der Waals surface area contributed by atoms with Crippen LogP contribution < -0.4 is 9.47 Å². The zero-order valence-corrected chi connectivity index (χ0v) is 9.22. The first-order chi connectivity index (χ1) is 7.90. The van der Waals surface area contributed by atoms with Crippen molar-refractivity contribution in [2.45, 2.75) is 6.61 Å². The van der Waals surface area contributed by atoms with Gasteiger partial charge in [0.2, 0.25) is 0 Å². The zero-order chi connectivity index (χ0) is 11.2. The highest BCUT2D eigenvalue weighted by Gasteiger charge is 2.02. The van der Waals surface area contributed by atoms with Gasteiger partial charge in [-0.2, -0.15) is 0 Å². The van der Waals surface area contributed by atoms with Crippen molar-refractivity contribution in [3.05, 3.63) is 60.2 Å². The number of hydrogen-bond donors (Lipinski definition) is 0. The van der Waals surface area contributed by atoms with Crippen molar-refractivity contribution in [3.8, 4) is 11.5 Å². The topological polar surface area (TPSA) is 18.5 Å². The van der Waals surface area contributed by atoms with Gasteiger partial charge in [-0.1, -0.05) is 42.5 Å². The van der Waals surface area contributed by atoms with E-state index >= 15 is 0 Å². The molecule has 0 unspecified atom stereocenters. The van der Waals surface area contributed by atoms with E-state index in [4.69, 9.17) is 9.47 Å². The van der Waals surface area contributed by atoms with E-state index in [-0.39, 0.29) is 0 Å². The van der Waals surface area contributed by atoms with Crippen LogP contribution in [0.25, 0.3) is 0 Å². The first-order valence-electron chi connectivity index (χ1n) is 5.20. The van der Waals surface area contributed by atoms with Gasteiger partial charge in [-0.15, -0.1) is 0 Å². The molecule has 2 aromatic carbocycles. The molecule has 0 amide bonds. The van der Waals surface area contributed by atoms with Crippen molar-refractivity contribution < 1.29 is 9.47 Å². The number of ether oxygens (including phenoxy) is 2. The summed E-state index contributed by atoms with van der Waals surface area (Å²) >= 11 is 0. The van der Waals surface area contributed by atoms with Crippen LogP contribution in [0.15, 0.2) is 54.6 Å². The summed E-state index contributed by atoms with van der Waals surface area (Å²) in [6.07, 6.45) is 0. The van der Waals surface area contributed by atoms with E-state index in [2.05, 4.69) is 0 Å². The lowest BCUT2D eigenvalue weighted by molar-refractivity contribution is 0.284. The molecule has 0 aliphatic heterocycles. The number of rotatable bonds is 4. The Bertz CT molecular complexity index is 437. The quantitative estimate of drug-likeness (QED) is 0.777. The van der Waals surface area contributed by atoms with Crippen molar-refractivity contribution in [2.75, 3.05) is 7.11 Å². The van der Waals surface area contributed by atoms with Crippen molar-refractivity contribution in [1.29, 1.82) is 0 Å². The number of methoxy groups -OCH3 is 1. The molecule has 82 valence electrons. The van der Waals surface area contributed by atoms with E-state index in [0.29, 0.717) is 6.61 Å². The summed E-state index contributed by atoms with van der Waals surface area (Å²) in [4.78, 5) is 0. The largest absolute Gasteiger partial charge is 0.493 e. The minimum absolute atomic E-state index is 0.557. The van der Waals surface area contributed by atoms with Crippen LogP contribution in [0.2, 0.25) is 0 Å². The van der Waals surface area contributed by atoms with Gasteiger partial charge < -0.3 is 9.47 Å². The van der Waals surface area contributed by atoms with E-state index in [1.807, 2.05) is 54.6 Å². The standard InChI is InChI=1S/C14H14O2/c1-15-13-9-5-6-10-14(13)16-11-12-7-3-2-4-8-12/h2-10H,11H2,1H3.